The molecule has 1 aliphatic rings. The molecule has 2 aromatic carbocycles. The SMILES string of the molecule is CC(=O)c1cccc(NC(=O)CCC(=O)c2ccc3c(c2)CCC3)c1. The fraction of sp³-hybridized carbons (Fsp3) is 0.286. The van der Waals surface area contributed by atoms with Gasteiger partial charge in [-0.25, -0.2) is 0 Å². The van der Waals surface area contributed by atoms with Gasteiger partial charge in [0.1, 0.15) is 0 Å². The van der Waals surface area contributed by atoms with E-state index in [1.807, 2.05) is 18.2 Å². The van der Waals surface area contributed by atoms with Crippen LogP contribution < -0.4 is 5.32 Å². The summed E-state index contributed by atoms with van der Waals surface area (Å²) in [5.74, 6) is -0.291. The minimum atomic E-state index is -0.227. The third-order valence-corrected chi connectivity index (χ3v) is 4.55. The van der Waals surface area contributed by atoms with Gasteiger partial charge < -0.3 is 5.32 Å². The molecule has 0 spiro atoms. The molecule has 1 N–H and O–H groups in total. The van der Waals surface area contributed by atoms with Gasteiger partial charge in [-0.15, -0.1) is 0 Å². The molecule has 0 fully saturated rings. The summed E-state index contributed by atoms with van der Waals surface area (Å²) in [6.07, 6.45) is 3.57. The Balaban J connectivity index is 1.56. The van der Waals surface area contributed by atoms with Gasteiger partial charge >= 0.3 is 0 Å². The fourth-order valence-corrected chi connectivity index (χ4v) is 3.16. The highest BCUT2D eigenvalue weighted by molar-refractivity contribution is 6.01. The third-order valence-electron chi connectivity index (χ3n) is 4.55. The average molecular weight is 335 g/mol. The number of aryl methyl sites for hydroxylation is 2. The quantitative estimate of drug-likeness (QED) is 0.812. The van der Waals surface area contributed by atoms with Gasteiger partial charge in [0.2, 0.25) is 5.91 Å². The monoisotopic (exact) mass is 335 g/mol. The Morgan fingerprint density at radius 3 is 2.52 bits per heavy atom. The number of anilines is 1. The van der Waals surface area contributed by atoms with Gasteiger partial charge in [0.25, 0.3) is 0 Å². The van der Waals surface area contributed by atoms with Crippen LogP contribution in [0.3, 0.4) is 0 Å². The fourth-order valence-electron chi connectivity index (χ4n) is 3.16. The topological polar surface area (TPSA) is 63.2 Å². The van der Waals surface area contributed by atoms with Gasteiger partial charge in [0.05, 0.1) is 0 Å². The molecule has 0 heterocycles. The molecule has 1 aliphatic carbocycles. The van der Waals surface area contributed by atoms with Crippen LogP contribution in [-0.4, -0.2) is 17.5 Å². The number of Topliss-reactive ketones (excluding diaryl/α,β-unsaturated/α-hetero) is 2. The number of hydrogen-bond acceptors (Lipinski definition) is 3. The molecule has 25 heavy (non-hydrogen) atoms. The summed E-state index contributed by atoms with van der Waals surface area (Å²) in [7, 11) is 0. The van der Waals surface area contributed by atoms with E-state index >= 15 is 0 Å². The van der Waals surface area contributed by atoms with E-state index in [1.54, 1.807) is 24.3 Å². The Kier molecular flexibility index (Phi) is 5.08. The van der Waals surface area contributed by atoms with E-state index < -0.39 is 0 Å². The van der Waals surface area contributed by atoms with Crippen molar-refractivity contribution in [3.8, 4) is 0 Å². The Hall–Kier alpha value is -2.75. The Morgan fingerprint density at radius 2 is 1.72 bits per heavy atom. The normalized spacial score (nSPS) is 12.5. The van der Waals surface area contributed by atoms with Crippen molar-refractivity contribution in [3.05, 3.63) is 64.7 Å². The van der Waals surface area contributed by atoms with Gasteiger partial charge in [-0.05, 0) is 55.5 Å². The third kappa shape index (κ3) is 4.21. The Bertz CT molecular complexity index is 839. The first-order chi connectivity index (χ1) is 12.0. The van der Waals surface area contributed by atoms with Crippen LogP contribution in [0.15, 0.2) is 42.5 Å². The molecule has 0 radical (unpaired) electrons. The van der Waals surface area contributed by atoms with Crippen molar-refractivity contribution in [1.82, 2.24) is 0 Å². The first kappa shape index (κ1) is 17.1. The number of fused-ring (bicyclic) bond motifs is 1. The zero-order chi connectivity index (χ0) is 17.8. The maximum absolute atomic E-state index is 12.3. The zero-order valence-electron chi connectivity index (χ0n) is 14.3. The molecule has 3 rings (SSSR count). The number of carbonyl (C=O) groups excluding carboxylic acids is 3. The van der Waals surface area contributed by atoms with E-state index in [0.29, 0.717) is 16.8 Å². The first-order valence-corrected chi connectivity index (χ1v) is 8.59. The second kappa shape index (κ2) is 7.43. The Morgan fingerprint density at radius 1 is 0.920 bits per heavy atom. The van der Waals surface area contributed by atoms with Crippen LogP contribution in [0, 0.1) is 0 Å². The van der Waals surface area contributed by atoms with Crippen molar-refractivity contribution in [2.75, 3.05) is 5.32 Å². The standard InChI is InChI=1S/C21H21NO3/c1-14(23)16-5-3-7-19(13-16)22-21(25)11-10-20(24)18-9-8-15-4-2-6-17(15)12-18/h3,5,7-9,12-13H,2,4,6,10-11H2,1H3,(H,22,25). The van der Waals surface area contributed by atoms with Crippen molar-refractivity contribution in [3.63, 3.8) is 0 Å². The molecule has 0 saturated carbocycles. The number of nitrogens with one attached hydrogen (secondary N) is 1. The lowest BCUT2D eigenvalue weighted by Gasteiger charge is -2.07. The smallest absolute Gasteiger partial charge is 0.224 e. The van der Waals surface area contributed by atoms with Crippen molar-refractivity contribution in [1.29, 1.82) is 0 Å². The molecule has 0 aromatic heterocycles. The Labute approximate surface area is 147 Å². The average Bonchev–Trinajstić information content (AvgIpc) is 3.07. The number of amides is 1. The second-order valence-electron chi connectivity index (χ2n) is 6.45. The summed E-state index contributed by atoms with van der Waals surface area (Å²) in [6, 6.07) is 12.7. The van der Waals surface area contributed by atoms with Crippen molar-refractivity contribution in [2.24, 2.45) is 0 Å². The van der Waals surface area contributed by atoms with E-state index in [1.165, 1.54) is 18.1 Å². The van der Waals surface area contributed by atoms with Crippen LogP contribution in [0.5, 0.6) is 0 Å². The number of carbonyl (C=O) groups is 3. The van der Waals surface area contributed by atoms with Crippen LogP contribution >= 0.6 is 0 Å². The molecule has 2 aromatic rings. The van der Waals surface area contributed by atoms with Crippen LogP contribution in [0.25, 0.3) is 0 Å². The minimum absolute atomic E-state index is 0.0117. The lowest BCUT2D eigenvalue weighted by molar-refractivity contribution is -0.116. The summed E-state index contributed by atoms with van der Waals surface area (Å²) in [5.41, 5.74) is 4.40. The molecule has 4 nitrogen and oxygen atoms in total. The van der Waals surface area contributed by atoms with Crippen molar-refractivity contribution < 1.29 is 14.4 Å². The predicted octanol–water partition coefficient (Wildman–Crippen LogP) is 3.98. The van der Waals surface area contributed by atoms with Crippen LogP contribution in [0.2, 0.25) is 0 Å². The van der Waals surface area contributed by atoms with Crippen LogP contribution in [0.1, 0.15) is 58.0 Å². The van der Waals surface area contributed by atoms with E-state index in [2.05, 4.69) is 5.32 Å². The molecule has 0 aliphatic heterocycles. The molecule has 1 amide bonds. The first-order valence-electron chi connectivity index (χ1n) is 8.59. The number of ketones is 2. The minimum Gasteiger partial charge on any atom is -0.326 e. The largest absolute Gasteiger partial charge is 0.326 e. The molecule has 4 heteroatoms. The maximum Gasteiger partial charge on any atom is 0.224 e. The summed E-state index contributed by atoms with van der Waals surface area (Å²) in [4.78, 5) is 35.8. The van der Waals surface area contributed by atoms with E-state index in [4.69, 9.17) is 0 Å². The summed E-state index contributed by atoms with van der Waals surface area (Å²) in [5, 5.41) is 2.74. The summed E-state index contributed by atoms with van der Waals surface area (Å²) >= 11 is 0. The second-order valence-corrected chi connectivity index (χ2v) is 6.45. The van der Waals surface area contributed by atoms with Gasteiger partial charge in [-0.1, -0.05) is 24.3 Å². The van der Waals surface area contributed by atoms with E-state index in [-0.39, 0.29) is 30.3 Å². The molecular weight excluding hydrogens is 314 g/mol. The number of benzene rings is 2. The highest BCUT2D eigenvalue weighted by Crippen LogP contribution is 2.23. The van der Waals surface area contributed by atoms with Gasteiger partial charge in [-0.2, -0.15) is 0 Å². The molecular formula is C21H21NO3. The molecule has 128 valence electrons. The number of rotatable bonds is 6. The van der Waals surface area contributed by atoms with Gasteiger partial charge in [0.15, 0.2) is 11.6 Å². The lowest BCUT2D eigenvalue weighted by atomic mass is 10.0. The summed E-state index contributed by atoms with van der Waals surface area (Å²) in [6.45, 7) is 1.48. The van der Waals surface area contributed by atoms with E-state index in [9.17, 15) is 14.4 Å². The zero-order valence-corrected chi connectivity index (χ0v) is 14.3. The predicted molar refractivity (Wildman–Crippen MR) is 97.1 cm³/mol. The van der Waals surface area contributed by atoms with Crippen LogP contribution in [0.4, 0.5) is 5.69 Å². The molecule has 0 unspecified atom stereocenters. The van der Waals surface area contributed by atoms with Crippen LogP contribution in [-0.2, 0) is 17.6 Å². The summed E-state index contributed by atoms with van der Waals surface area (Å²) < 4.78 is 0. The molecule has 0 atom stereocenters. The van der Waals surface area contributed by atoms with Crippen molar-refractivity contribution >= 4 is 23.2 Å². The highest BCUT2D eigenvalue weighted by Gasteiger charge is 2.15. The molecule has 0 saturated heterocycles. The van der Waals surface area contributed by atoms with E-state index in [0.717, 1.165) is 19.3 Å². The van der Waals surface area contributed by atoms with Gasteiger partial charge in [0, 0.05) is 29.7 Å². The highest BCUT2D eigenvalue weighted by atomic mass is 16.2. The lowest BCUT2D eigenvalue weighted by Crippen LogP contribution is -2.14. The number of hydrogen-bond donors (Lipinski definition) is 1. The maximum atomic E-state index is 12.3. The van der Waals surface area contributed by atoms with Crippen molar-refractivity contribution in [2.45, 2.75) is 39.0 Å². The molecule has 0 bridgehead atoms. The van der Waals surface area contributed by atoms with Gasteiger partial charge in [-0.3, -0.25) is 14.4 Å².